The quantitative estimate of drug-likeness (QED) is 0.616. The molecular weight excluding hydrogens is 192 g/mol. The molecule has 1 aliphatic heterocycles. The molecule has 2 atom stereocenters. The number of ether oxygens (including phenoxy) is 1. The van der Waals surface area contributed by atoms with Gasteiger partial charge in [-0.15, -0.1) is 0 Å². The molecule has 86 valence electrons. The molecule has 2 aliphatic rings. The third-order valence-corrected chi connectivity index (χ3v) is 3.24. The van der Waals surface area contributed by atoms with E-state index in [0.29, 0.717) is 30.9 Å². The third-order valence-electron chi connectivity index (χ3n) is 3.24. The summed E-state index contributed by atoms with van der Waals surface area (Å²) in [6.07, 6.45) is 1.52. The second kappa shape index (κ2) is 4.94. The fourth-order valence-corrected chi connectivity index (χ4v) is 2.30. The highest BCUT2D eigenvalue weighted by Gasteiger charge is 2.53. The van der Waals surface area contributed by atoms with Crippen LogP contribution in [0, 0.1) is 11.8 Å². The van der Waals surface area contributed by atoms with Crippen molar-refractivity contribution in [3.63, 3.8) is 0 Å². The highest BCUT2D eigenvalue weighted by molar-refractivity contribution is 5.76. The third kappa shape index (κ3) is 2.69. The lowest BCUT2D eigenvalue weighted by atomic mass is 10.3. The van der Waals surface area contributed by atoms with Gasteiger partial charge in [0, 0.05) is 32.2 Å². The predicted molar refractivity (Wildman–Crippen MR) is 57.5 cm³/mol. The normalized spacial score (nSPS) is 32.5. The van der Waals surface area contributed by atoms with Gasteiger partial charge in [-0.2, -0.15) is 0 Å². The molecule has 15 heavy (non-hydrogen) atoms. The van der Waals surface area contributed by atoms with Crippen LogP contribution in [0.5, 0.6) is 0 Å². The Morgan fingerprint density at radius 2 is 2.13 bits per heavy atom. The summed E-state index contributed by atoms with van der Waals surface area (Å²) in [6.45, 7) is 5.52. The Morgan fingerprint density at radius 3 is 2.80 bits per heavy atom. The van der Waals surface area contributed by atoms with Crippen molar-refractivity contribution in [3.8, 4) is 0 Å². The maximum atomic E-state index is 11.5. The predicted octanol–water partition coefficient (Wildman–Crippen LogP) is 0.137. The van der Waals surface area contributed by atoms with Crippen molar-refractivity contribution >= 4 is 5.91 Å². The molecule has 4 heteroatoms. The maximum absolute atomic E-state index is 11.5. The summed E-state index contributed by atoms with van der Waals surface area (Å²) in [5.74, 6) is 1.54. The summed E-state index contributed by atoms with van der Waals surface area (Å²) >= 11 is 0. The molecule has 1 amide bonds. The van der Waals surface area contributed by atoms with Gasteiger partial charge in [0.1, 0.15) is 0 Å². The molecule has 0 aromatic heterocycles. The van der Waals surface area contributed by atoms with E-state index in [1.165, 1.54) is 0 Å². The van der Waals surface area contributed by atoms with Gasteiger partial charge >= 0.3 is 0 Å². The van der Waals surface area contributed by atoms with Gasteiger partial charge in [0.05, 0.1) is 6.61 Å². The first-order valence-corrected chi connectivity index (χ1v) is 5.90. The number of carbonyl (C=O) groups excluding carboxylic acids is 1. The molecule has 4 nitrogen and oxygen atoms in total. The molecule has 2 N–H and O–H groups in total. The molecule has 2 fully saturated rings. The number of hydrogen-bond donors (Lipinski definition) is 2. The fourth-order valence-electron chi connectivity index (χ4n) is 2.30. The van der Waals surface area contributed by atoms with Gasteiger partial charge in [-0.05, 0) is 18.3 Å². The van der Waals surface area contributed by atoms with Crippen molar-refractivity contribution in [2.24, 2.45) is 11.8 Å². The molecule has 0 aromatic carbocycles. The van der Waals surface area contributed by atoms with E-state index in [9.17, 15) is 4.79 Å². The average Bonchev–Trinajstić information content (AvgIpc) is 2.69. The van der Waals surface area contributed by atoms with Crippen LogP contribution in [0.15, 0.2) is 0 Å². The summed E-state index contributed by atoms with van der Waals surface area (Å²) < 4.78 is 5.28. The molecular formula is C11H20N2O2. The van der Waals surface area contributed by atoms with Gasteiger partial charge in [-0.25, -0.2) is 0 Å². The van der Waals surface area contributed by atoms with Crippen LogP contribution in [-0.4, -0.2) is 38.3 Å². The minimum Gasteiger partial charge on any atom is -0.381 e. The zero-order valence-electron chi connectivity index (χ0n) is 9.29. The highest BCUT2D eigenvalue weighted by Crippen LogP contribution is 2.41. The lowest BCUT2D eigenvalue weighted by Gasteiger charge is -2.07. The lowest BCUT2D eigenvalue weighted by molar-refractivity contribution is -0.122. The fraction of sp³-hybridized carbons (Fsp3) is 0.909. The molecule has 0 radical (unpaired) electrons. The number of nitrogens with one attached hydrogen (secondary N) is 2. The molecule has 0 bridgehead atoms. The van der Waals surface area contributed by atoms with Crippen molar-refractivity contribution in [3.05, 3.63) is 0 Å². The van der Waals surface area contributed by atoms with Crippen molar-refractivity contribution in [1.82, 2.24) is 10.6 Å². The second-order valence-corrected chi connectivity index (χ2v) is 4.44. The molecule has 1 aliphatic carbocycles. The number of carbonyl (C=O) groups is 1. The zero-order chi connectivity index (χ0) is 10.7. The van der Waals surface area contributed by atoms with E-state index < -0.39 is 0 Å². The molecule has 2 rings (SSSR count). The van der Waals surface area contributed by atoms with Crippen molar-refractivity contribution < 1.29 is 9.53 Å². The summed E-state index contributed by atoms with van der Waals surface area (Å²) in [4.78, 5) is 11.5. The first kappa shape index (κ1) is 10.9. The number of fused-ring (bicyclic) bond motifs is 1. The molecule has 1 heterocycles. The average molecular weight is 212 g/mol. The summed E-state index contributed by atoms with van der Waals surface area (Å²) in [5.41, 5.74) is 0. The summed E-state index contributed by atoms with van der Waals surface area (Å²) in [7, 11) is 0. The standard InChI is InChI=1S/C11H20N2O2/c1-2-4-15-5-3-10(14)13-11-8-6-12-7-9(8)11/h8-9,11-12H,2-7H2,1H3,(H,13,14). The van der Waals surface area contributed by atoms with E-state index in [1.54, 1.807) is 0 Å². The minimum atomic E-state index is 0.144. The zero-order valence-corrected chi connectivity index (χ0v) is 9.29. The summed E-state index contributed by atoms with van der Waals surface area (Å²) in [5, 5.41) is 6.38. The van der Waals surface area contributed by atoms with Crippen LogP contribution < -0.4 is 10.6 Å². The molecule has 2 unspecified atom stereocenters. The Balaban J connectivity index is 1.54. The number of hydrogen-bond acceptors (Lipinski definition) is 3. The van der Waals surface area contributed by atoms with Crippen LogP contribution in [0.3, 0.4) is 0 Å². The maximum Gasteiger partial charge on any atom is 0.222 e. The van der Waals surface area contributed by atoms with Crippen LogP contribution in [0.4, 0.5) is 0 Å². The van der Waals surface area contributed by atoms with Gasteiger partial charge in [0.15, 0.2) is 0 Å². The first-order valence-electron chi connectivity index (χ1n) is 5.90. The van der Waals surface area contributed by atoms with Crippen LogP contribution in [0.2, 0.25) is 0 Å². The van der Waals surface area contributed by atoms with Crippen LogP contribution >= 0.6 is 0 Å². The van der Waals surface area contributed by atoms with E-state index in [1.807, 2.05) is 0 Å². The summed E-state index contributed by atoms with van der Waals surface area (Å²) in [6, 6.07) is 0.449. The van der Waals surface area contributed by atoms with E-state index in [2.05, 4.69) is 17.6 Å². The van der Waals surface area contributed by atoms with E-state index in [0.717, 1.165) is 26.1 Å². The largest absolute Gasteiger partial charge is 0.381 e. The lowest BCUT2D eigenvalue weighted by Crippen LogP contribution is -2.33. The van der Waals surface area contributed by atoms with E-state index in [4.69, 9.17) is 4.74 Å². The number of amides is 1. The van der Waals surface area contributed by atoms with Crippen molar-refractivity contribution in [1.29, 1.82) is 0 Å². The van der Waals surface area contributed by atoms with Crippen LogP contribution in [0.25, 0.3) is 0 Å². The van der Waals surface area contributed by atoms with Gasteiger partial charge in [0.25, 0.3) is 0 Å². The van der Waals surface area contributed by atoms with Crippen LogP contribution in [-0.2, 0) is 9.53 Å². The Morgan fingerprint density at radius 1 is 1.40 bits per heavy atom. The Labute approximate surface area is 90.8 Å². The van der Waals surface area contributed by atoms with Crippen molar-refractivity contribution in [2.75, 3.05) is 26.3 Å². The second-order valence-electron chi connectivity index (χ2n) is 4.44. The van der Waals surface area contributed by atoms with Gasteiger partial charge in [0.2, 0.25) is 5.91 Å². The van der Waals surface area contributed by atoms with Gasteiger partial charge < -0.3 is 15.4 Å². The number of rotatable bonds is 6. The van der Waals surface area contributed by atoms with Gasteiger partial charge in [-0.1, -0.05) is 6.92 Å². The minimum absolute atomic E-state index is 0.144. The number of piperidine rings is 1. The van der Waals surface area contributed by atoms with E-state index in [-0.39, 0.29) is 5.91 Å². The topological polar surface area (TPSA) is 50.4 Å². The molecule has 1 saturated carbocycles. The van der Waals surface area contributed by atoms with Crippen LogP contribution in [0.1, 0.15) is 19.8 Å². The molecule has 0 aromatic rings. The SMILES string of the molecule is CCCOCCC(=O)NC1C2CNCC21. The smallest absolute Gasteiger partial charge is 0.222 e. The van der Waals surface area contributed by atoms with Crippen molar-refractivity contribution in [2.45, 2.75) is 25.8 Å². The van der Waals surface area contributed by atoms with Gasteiger partial charge in [-0.3, -0.25) is 4.79 Å². The Hall–Kier alpha value is -0.610. The van der Waals surface area contributed by atoms with E-state index >= 15 is 0 Å². The molecule has 0 spiro atoms. The monoisotopic (exact) mass is 212 g/mol. The highest BCUT2D eigenvalue weighted by atomic mass is 16.5. The first-order chi connectivity index (χ1) is 7.33. The Bertz CT molecular complexity index is 223. The Kier molecular flexibility index (Phi) is 3.59. The molecule has 1 saturated heterocycles.